The third kappa shape index (κ3) is 1.99. The van der Waals surface area contributed by atoms with E-state index in [-0.39, 0.29) is 11.1 Å². The van der Waals surface area contributed by atoms with Gasteiger partial charge in [0.2, 0.25) is 0 Å². The van der Waals surface area contributed by atoms with E-state index in [1.807, 2.05) is 6.07 Å². The normalized spacial score (nSPS) is 12.8. The fraction of sp³-hybridized carbons (Fsp3) is 0.278. The first-order valence-electron chi connectivity index (χ1n) is 7.97. The number of methoxy groups -OCH3 is 1. The lowest BCUT2D eigenvalue weighted by Crippen LogP contribution is -2.24. The lowest BCUT2D eigenvalue weighted by Gasteiger charge is -2.19. The van der Waals surface area contributed by atoms with Gasteiger partial charge in [-0.3, -0.25) is 9.89 Å². The second-order valence-electron chi connectivity index (χ2n) is 5.93. The summed E-state index contributed by atoms with van der Waals surface area (Å²) in [5.41, 5.74) is 5.21. The number of H-pyrrole nitrogens is 1. The highest BCUT2D eigenvalue weighted by Gasteiger charge is 2.24. The summed E-state index contributed by atoms with van der Waals surface area (Å²) in [5, 5.41) is 2.80. The van der Waals surface area contributed by atoms with Crippen LogP contribution in [0, 0.1) is 0 Å². The maximum atomic E-state index is 12.8. The van der Waals surface area contributed by atoms with E-state index in [4.69, 9.17) is 4.74 Å². The van der Waals surface area contributed by atoms with Gasteiger partial charge in [-0.25, -0.2) is 14.3 Å². The smallest absolute Gasteiger partial charge is 0.343 e. The summed E-state index contributed by atoms with van der Waals surface area (Å²) in [6.45, 7) is 2.12. The predicted molar refractivity (Wildman–Crippen MR) is 89.4 cm³/mol. The van der Waals surface area contributed by atoms with Crippen molar-refractivity contribution in [3.05, 3.63) is 57.0 Å². The van der Waals surface area contributed by atoms with E-state index in [0.29, 0.717) is 23.3 Å². The number of aromatic amines is 1. The number of rotatable bonds is 2. The van der Waals surface area contributed by atoms with Crippen LogP contribution < -0.4 is 5.56 Å². The van der Waals surface area contributed by atoms with Crippen molar-refractivity contribution in [1.82, 2.24) is 14.6 Å². The topological polar surface area (TPSA) is 76.5 Å². The summed E-state index contributed by atoms with van der Waals surface area (Å²) in [7, 11) is 1.31. The third-order valence-electron chi connectivity index (χ3n) is 4.64. The average Bonchev–Trinajstić information content (AvgIpc) is 3.04. The third-order valence-corrected chi connectivity index (χ3v) is 4.64. The molecule has 1 aromatic carbocycles. The summed E-state index contributed by atoms with van der Waals surface area (Å²) in [6.07, 6.45) is 3.91. The van der Waals surface area contributed by atoms with Crippen LogP contribution in [0.4, 0.5) is 0 Å². The van der Waals surface area contributed by atoms with E-state index in [9.17, 15) is 9.59 Å². The van der Waals surface area contributed by atoms with E-state index in [2.05, 4.69) is 29.1 Å². The highest BCUT2D eigenvalue weighted by atomic mass is 16.5. The molecule has 0 saturated carbocycles. The second kappa shape index (κ2) is 5.33. The van der Waals surface area contributed by atoms with Gasteiger partial charge >= 0.3 is 5.97 Å². The van der Waals surface area contributed by atoms with Gasteiger partial charge in [0, 0.05) is 17.3 Å². The van der Waals surface area contributed by atoms with Gasteiger partial charge in [0.15, 0.2) is 5.65 Å². The molecule has 2 heterocycles. The van der Waals surface area contributed by atoms with E-state index < -0.39 is 5.97 Å². The number of hydrogen-bond acceptors (Lipinski definition) is 4. The Kier molecular flexibility index (Phi) is 3.26. The minimum atomic E-state index is -0.516. The number of hydrogen-bond donors (Lipinski definition) is 1. The van der Waals surface area contributed by atoms with Gasteiger partial charge in [0.05, 0.1) is 12.8 Å². The molecule has 6 nitrogen and oxygen atoms in total. The highest BCUT2D eigenvalue weighted by molar-refractivity contribution is 5.95. The standard InChI is InChI=1S/C18H17N3O3/c1-3-10-4-6-12-11(8-10)5-7-13-15(12)20-16-14(18(23)24-2)9-19-21(16)17(13)22/h4,6,8-9,19H,3,5,7H2,1-2H3. The Bertz CT molecular complexity index is 1030. The number of carbonyl (C=O) groups excluding carboxylic acids is 1. The van der Waals surface area contributed by atoms with Gasteiger partial charge in [0.1, 0.15) is 5.56 Å². The number of aromatic nitrogens is 3. The Morgan fingerprint density at radius 2 is 2.21 bits per heavy atom. The van der Waals surface area contributed by atoms with Crippen molar-refractivity contribution in [2.24, 2.45) is 0 Å². The van der Waals surface area contributed by atoms with E-state index in [0.717, 1.165) is 18.4 Å². The molecule has 0 bridgehead atoms. The molecule has 1 aliphatic rings. The maximum absolute atomic E-state index is 12.8. The largest absolute Gasteiger partial charge is 0.465 e. The minimum absolute atomic E-state index is 0.157. The summed E-state index contributed by atoms with van der Waals surface area (Å²) in [4.78, 5) is 29.3. The van der Waals surface area contributed by atoms with E-state index in [1.165, 1.54) is 28.9 Å². The Hall–Kier alpha value is -2.89. The second-order valence-corrected chi connectivity index (χ2v) is 5.93. The Labute approximate surface area is 138 Å². The average molecular weight is 323 g/mol. The summed E-state index contributed by atoms with van der Waals surface area (Å²) >= 11 is 0. The molecule has 0 spiro atoms. The zero-order chi connectivity index (χ0) is 16.8. The first kappa shape index (κ1) is 14.7. The monoisotopic (exact) mass is 323 g/mol. The van der Waals surface area contributed by atoms with Crippen molar-refractivity contribution in [2.45, 2.75) is 26.2 Å². The van der Waals surface area contributed by atoms with Gasteiger partial charge in [-0.2, -0.15) is 0 Å². The molecule has 6 heteroatoms. The fourth-order valence-corrected chi connectivity index (χ4v) is 3.32. The van der Waals surface area contributed by atoms with Gasteiger partial charge < -0.3 is 4.74 Å². The van der Waals surface area contributed by atoms with Gasteiger partial charge in [-0.1, -0.05) is 25.1 Å². The summed E-state index contributed by atoms with van der Waals surface area (Å²) in [5.74, 6) is -0.516. The molecule has 3 aromatic rings. The van der Waals surface area contributed by atoms with Crippen molar-refractivity contribution >= 4 is 11.6 Å². The fourth-order valence-electron chi connectivity index (χ4n) is 3.32. The van der Waals surface area contributed by atoms with Crippen LogP contribution in [0.2, 0.25) is 0 Å². The summed E-state index contributed by atoms with van der Waals surface area (Å²) < 4.78 is 6.09. The number of nitrogens with zero attached hydrogens (tertiary/aromatic N) is 2. The number of fused-ring (bicyclic) bond motifs is 4. The van der Waals surface area contributed by atoms with E-state index in [1.54, 1.807) is 0 Å². The van der Waals surface area contributed by atoms with Crippen LogP contribution >= 0.6 is 0 Å². The Morgan fingerprint density at radius 3 is 2.96 bits per heavy atom. The maximum Gasteiger partial charge on any atom is 0.343 e. The molecular weight excluding hydrogens is 306 g/mol. The molecule has 2 aromatic heterocycles. The van der Waals surface area contributed by atoms with Gasteiger partial charge in [-0.05, 0) is 30.4 Å². The highest BCUT2D eigenvalue weighted by Crippen LogP contribution is 2.31. The Balaban J connectivity index is 2.01. The first-order chi connectivity index (χ1) is 11.6. The number of esters is 1. The zero-order valence-corrected chi connectivity index (χ0v) is 13.5. The number of carbonyl (C=O) groups is 1. The zero-order valence-electron chi connectivity index (χ0n) is 13.5. The van der Waals surface area contributed by atoms with Crippen LogP contribution in [0.25, 0.3) is 16.9 Å². The molecule has 0 aliphatic heterocycles. The molecule has 0 atom stereocenters. The summed E-state index contributed by atoms with van der Waals surface area (Å²) in [6, 6.07) is 6.27. The van der Waals surface area contributed by atoms with Crippen molar-refractivity contribution in [3.63, 3.8) is 0 Å². The lowest BCUT2D eigenvalue weighted by molar-refractivity contribution is 0.0602. The number of benzene rings is 1. The molecule has 0 amide bonds. The predicted octanol–water partition coefficient (Wildman–Crippen LogP) is 2.14. The molecule has 24 heavy (non-hydrogen) atoms. The van der Waals surface area contributed by atoms with Crippen LogP contribution in [0.15, 0.2) is 29.2 Å². The molecule has 1 N–H and O–H groups in total. The number of ether oxygens (including phenoxy) is 1. The van der Waals surface area contributed by atoms with Crippen molar-refractivity contribution < 1.29 is 9.53 Å². The number of nitrogens with one attached hydrogen (secondary N) is 1. The van der Waals surface area contributed by atoms with Crippen LogP contribution in [-0.4, -0.2) is 27.7 Å². The first-order valence-corrected chi connectivity index (χ1v) is 7.97. The quantitative estimate of drug-likeness (QED) is 0.733. The molecule has 122 valence electrons. The van der Waals surface area contributed by atoms with Crippen LogP contribution in [0.5, 0.6) is 0 Å². The SMILES string of the molecule is CCc1ccc2c(c1)CCc1c-2nc2c(C(=O)OC)c[nH]n2c1=O. The van der Waals surface area contributed by atoms with E-state index >= 15 is 0 Å². The molecule has 0 fully saturated rings. The van der Waals surface area contributed by atoms with Gasteiger partial charge in [0.25, 0.3) is 5.56 Å². The van der Waals surface area contributed by atoms with Crippen molar-refractivity contribution in [3.8, 4) is 11.3 Å². The minimum Gasteiger partial charge on any atom is -0.465 e. The molecule has 4 rings (SSSR count). The van der Waals surface area contributed by atoms with Crippen molar-refractivity contribution in [1.29, 1.82) is 0 Å². The lowest BCUT2D eigenvalue weighted by atomic mass is 9.88. The molecule has 0 radical (unpaired) electrons. The molecule has 1 aliphatic carbocycles. The van der Waals surface area contributed by atoms with Gasteiger partial charge in [-0.15, -0.1) is 0 Å². The molecular formula is C18H17N3O3. The van der Waals surface area contributed by atoms with Crippen LogP contribution in [0.3, 0.4) is 0 Å². The molecule has 0 unspecified atom stereocenters. The van der Waals surface area contributed by atoms with Crippen LogP contribution in [0.1, 0.15) is 34.0 Å². The van der Waals surface area contributed by atoms with Crippen molar-refractivity contribution in [2.75, 3.05) is 7.11 Å². The van der Waals surface area contributed by atoms with Crippen LogP contribution in [-0.2, 0) is 24.0 Å². The Morgan fingerprint density at radius 1 is 1.38 bits per heavy atom. The molecule has 0 saturated heterocycles. The number of aryl methyl sites for hydroxylation is 2.